The van der Waals surface area contributed by atoms with Crippen molar-refractivity contribution in [1.82, 2.24) is 0 Å². The van der Waals surface area contributed by atoms with Crippen molar-refractivity contribution in [2.24, 2.45) is 40.2 Å². The zero-order chi connectivity index (χ0) is 19.9. The molecule has 0 bridgehead atoms. The molecule has 0 atom stereocenters. The Hall–Kier alpha value is -0.940. The van der Waals surface area contributed by atoms with Gasteiger partial charge in [-0.1, -0.05) is 38.1 Å². The number of benzene rings is 1. The van der Waals surface area contributed by atoms with Gasteiger partial charge in [0.2, 0.25) is 0 Å². The number of hydrogen-bond acceptors (Lipinski definition) is 4. The third-order valence-corrected chi connectivity index (χ3v) is 7.14. The van der Waals surface area contributed by atoms with Gasteiger partial charge in [-0.3, -0.25) is 0 Å². The normalized spacial score (nSPS) is 29.0. The molecular formula is C23H42N4. The van der Waals surface area contributed by atoms with E-state index in [0.717, 1.165) is 23.0 Å². The van der Waals surface area contributed by atoms with E-state index in [2.05, 4.69) is 13.8 Å². The number of rotatable bonds is 4. The van der Waals surface area contributed by atoms with Gasteiger partial charge in [-0.2, -0.15) is 0 Å². The van der Waals surface area contributed by atoms with E-state index in [-0.39, 0.29) is 0 Å². The molecule has 2 fully saturated rings. The second-order valence-electron chi connectivity index (χ2n) is 9.27. The van der Waals surface area contributed by atoms with Crippen LogP contribution in [0.1, 0.15) is 76.3 Å². The topological polar surface area (TPSA) is 104 Å². The summed E-state index contributed by atoms with van der Waals surface area (Å²) in [5.74, 6) is 1.78. The maximum absolute atomic E-state index is 6.02. The molecule has 0 spiro atoms. The maximum atomic E-state index is 6.02. The lowest BCUT2D eigenvalue weighted by Gasteiger charge is -2.46. The van der Waals surface area contributed by atoms with Crippen molar-refractivity contribution >= 4 is 0 Å². The Morgan fingerprint density at radius 2 is 0.963 bits per heavy atom. The van der Waals surface area contributed by atoms with E-state index < -0.39 is 0 Å². The summed E-state index contributed by atoms with van der Waals surface area (Å²) in [6.07, 6.45) is 10.3. The molecule has 4 heteroatoms. The lowest BCUT2D eigenvalue weighted by Crippen LogP contribution is -2.40. The largest absolute Gasteiger partial charge is 0.328 e. The molecule has 3 rings (SSSR count). The van der Waals surface area contributed by atoms with Crippen LogP contribution >= 0.6 is 0 Å². The fourth-order valence-electron chi connectivity index (χ4n) is 4.87. The third-order valence-electron chi connectivity index (χ3n) is 7.14. The van der Waals surface area contributed by atoms with Crippen LogP contribution in [-0.4, -0.2) is 12.1 Å². The highest BCUT2D eigenvalue weighted by Gasteiger charge is 2.39. The van der Waals surface area contributed by atoms with E-state index >= 15 is 0 Å². The molecule has 8 N–H and O–H groups in total. The van der Waals surface area contributed by atoms with Crippen LogP contribution in [0.15, 0.2) is 24.3 Å². The zero-order valence-corrected chi connectivity index (χ0v) is 17.5. The Labute approximate surface area is 166 Å². The Balaban J connectivity index is 0.000000223. The van der Waals surface area contributed by atoms with Gasteiger partial charge in [-0.05, 0) is 79.7 Å². The quantitative estimate of drug-likeness (QED) is 0.645. The van der Waals surface area contributed by atoms with Crippen molar-refractivity contribution in [2.75, 3.05) is 0 Å². The summed E-state index contributed by atoms with van der Waals surface area (Å²) < 4.78 is 0. The van der Waals surface area contributed by atoms with Crippen LogP contribution in [0.4, 0.5) is 0 Å². The minimum Gasteiger partial charge on any atom is -0.328 e. The molecule has 2 saturated carbocycles. The van der Waals surface area contributed by atoms with Crippen LogP contribution < -0.4 is 22.9 Å². The van der Waals surface area contributed by atoms with E-state index in [1.165, 1.54) is 51.4 Å². The van der Waals surface area contributed by atoms with Gasteiger partial charge in [0.25, 0.3) is 0 Å². The second-order valence-corrected chi connectivity index (χ2v) is 9.27. The summed E-state index contributed by atoms with van der Waals surface area (Å²) in [5, 5.41) is 0. The lowest BCUT2D eigenvalue weighted by atomic mass is 9.60. The Morgan fingerprint density at radius 1 is 0.667 bits per heavy atom. The van der Waals surface area contributed by atoms with E-state index in [4.69, 9.17) is 22.9 Å². The minimum absolute atomic E-state index is 0.474. The molecule has 0 heterocycles. The minimum atomic E-state index is 0.474. The summed E-state index contributed by atoms with van der Waals surface area (Å²) in [4.78, 5) is 0. The molecule has 1 aromatic carbocycles. The zero-order valence-electron chi connectivity index (χ0n) is 17.5. The molecule has 4 nitrogen and oxygen atoms in total. The van der Waals surface area contributed by atoms with Crippen LogP contribution in [0.25, 0.3) is 0 Å². The first-order valence-electron chi connectivity index (χ1n) is 10.9. The van der Waals surface area contributed by atoms with Gasteiger partial charge in [0.15, 0.2) is 0 Å². The molecular weight excluding hydrogens is 332 g/mol. The van der Waals surface area contributed by atoms with Crippen molar-refractivity contribution in [3.8, 4) is 0 Å². The first-order valence-corrected chi connectivity index (χ1v) is 10.9. The highest BCUT2D eigenvalue weighted by Crippen LogP contribution is 2.47. The first kappa shape index (κ1) is 22.4. The molecule has 0 unspecified atom stereocenters. The predicted molar refractivity (Wildman–Crippen MR) is 116 cm³/mol. The molecule has 0 radical (unpaired) electrons. The third kappa shape index (κ3) is 6.56. The molecule has 27 heavy (non-hydrogen) atoms. The van der Waals surface area contributed by atoms with E-state index in [1.54, 1.807) is 0 Å². The number of hydrogen-bond donors (Lipinski definition) is 4. The monoisotopic (exact) mass is 374 g/mol. The van der Waals surface area contributed by atoms with Gasteiger partial charge in [-0.25, -0.2) is 0 Å². The molecule has 154 valence electrons. The second kappa shape index (κ2) is 10.6. The van der Waals surface area contributed by atoms with Crippen molar-refractivity contribution in [3.63, 3.8) is 0 Å². The van der Waals surface area contributed by atoms with Crippen LogP contribution in [0, 0.1) is 17.3 Å². The average Bonchev–Trinajstić information content (AvgIpc) is 2.69. The SMILES string of the molecule is CC(C)(C1CCC(N)CC1)C1CCC(N)CC1.NCc1ccc(CN)cc1. The Morgan fingerprint density at radius 3 is 1.22 bits per heavy atom. The van der Waals surface area contributed by atoms with Crippen molar-refractivity contribution in [2.45, 2.75) is 90.4 Å². The first-order chi connectivity index (χ1) is 12.9. The Kier molecular flexibility index (Phi) is 8.74. The fourth-order valence-corrected chi connectivity index (χ4v) is 4.87. The standard InChI is InChI=1S/C15H30N2.C8H12N2/c1-15(2,11-3-7-13(16)8-4-11)12-5-9-14(17)10-6-12;9-5-7-1-2-8(6-10)4-3-7/h11-14H,3-10,16-17H2,1-2H3;1-4H,5-6,9-10H2. The molecule has 1 aromatic rings. The van der Waals surface area contributed by atoms with Gasteiger partial charge in [0, 0.05) is 25.2 Å². The summed E-state index contributed by atoms with van der Waals surface area (Å²) in [5.41, 5.74) is 25.7. The van der Waals surface area contributed by atoms with E-state index in [9.17, 15) is 0 Å². The van der Waals surface area contributed by atoms with Gasteiger partial charge in [-0.15, -0.1) is 0 Å². The van der Waals surface area contributed by atoms with E-state index in [1.807, 2.05) is 24.3 Å². The smallest absolute Gasteiger partial charge is 0.0178 e. The molecule has 0 aliphatic heterocycles. The molecule has 2 aliphatic rings. The van der Waals surface area contributed by atoms with E-state index in [0.29, 0.717) is 30.6 Å². The van der Waals surface area contributed by atoms with Crippen molar-refractivity contribution in [3.05, 3.63) is 35.4 Å². The van der Waals surface area contributed by atoms with Gasteiger partial charge in [0.1, 0.15) is 0 Å². The highest BCUT2D eigenvalue weighted by molar-refractivity contribution is 5.21. The van der Waals surface area contributed by atoms with Crippen LogP contribution in [0.2, 0.25) is 0 Å². The number of nitrogens with two attached hydrogens (primary N) is 4. The summed E-state index contributed by atoms with van der Waals surface area (Å²) >= 11 is 0. The molecule has 0 amide bonds. The van der Waals surface area contributed by atoms with Gasteiger partial charge >= 0.3 is 0 Å². The summed E-state index contributed by atoms with van der Waals surface area (Å²) in [6.45, 7) is 6.20. The van der Waals surface area contributed by atoms with Gasteiger partial charge in [0.05, 0.1) is 0 Å². The summed E-state index contributed by atoms with van der Waals surface area (Å²) in [7, 11) is 0. The van der Waals surface area contributed by atoms with Crippen LogP contribution in [-0.2, 0) is 13.1 Å². The maximum Gasteiger partial charge on any atom is 0.0178 e. The van der Waals surface area contributed by atoms with Gasteiger partial charge < -0.3 is 22.9 Å². The molecule has 0 aromatic heterocycles. The van der Waals surface area contributed by atoms with Crippen LogP contribution in [0.3, 0.4) is 0 Å². The predicted octanol–water partition coefficient (Wildman–Crippen LogP) is 3.65. The fraction of sp³-hybridized carbons (Fsp3) is 0.739. The average molecular weight is 375 g/mol. The highest BCUT2D eigenvalue weighted by atomic mass is 14.7. The molecule has 0 saturated heterocycles. The Bertz CT molecular complexity index is 477. The summed E-state index contributed by atoms with van der Waals surface area (Å²) in [6, 6.07) is 8.96. The lowest BCUT2D eigenvalue weighted by molar-refractivity contribution is 0.0523. The van der Waals surface area contributed by atoms with Crippen molar-refractivity contribution < 1.29 is 0 Å². The van der Waals surface area contributed by atoms with Crippen molar-refractivity contribution in [1.29, 1.82) is 0 Å². The van der Waals surface area contributed by atoms with Crippen LogP contribution in [0.5, 0.6) is 0 Å². The molecule has 2 aliphatic carbocycles.